The molecule has 0 saturated carbocycles. The van der Waals surface area contributed by atoms with Gasteiger partial charge in [0.15, 0.2) is 5.82 Å². The van der Waals surface area contributed by atoms with E-state index in [2.05, 4.69) is 18.8 Å². The van der Waals surface area contributed by atoms with Gasteiger partial charge in [-0.3, -0.25) is 4.79 Å². The molecule has 0 aromatic carbocycles. The van der Waals surface area contributed by atoms with E-state index in [1.54, 1.807) is 17.0 Å². The predicted molar refractivity (Wildman–Crippen MR) is 72.9 cm³/mol. The molecule has 0 amide bonds. The molecule has 1 N–H and O–H groups in total. The maximum absolute atomic E-state index is 12.3. The van der Waals surface area contributed by atoms with Crippen molar-refractivity contribution in [3.05, 3.63) is 22.7 Å². The zero-order chi connectivity index (χ0) is 13.5. The minimum absolute atomic E-state index is 0.0500. The predicted octanol–water partition coefficient (Wildman–Crippen LogP) is 1.11. The van der Waals surface area contributed by atoms with Crippen LogP contribution >= 0.6 is 0 Å². The van der Waals surface area contributed by atoms with Crippen LogP contribution in [0, 0.1) is 5.92 Å². The third kappa shape index (κ3) is 3.84. The van der Waals surface area contributed by atoms with Gasteiger partial charge in [-0.1, -0.05) is 13.8 Å². The van der Waals surface area contributed by atoms with Crippen molar-refractivity contribution in [3.8, 4) is 0 Å². The summed E-state index contributed by atoms with van der Waals surface area (Å²) in [6.07, 6.45) is 4.04. The molecule has 0 saturated heterocycles. The number of rotatable bonds is 7. The molecule has 1 heterocycles. The third-order valence-electron chi connectivity index (χ3n) is 2.72. The molecule has 18 heavy (non-hydrogen) atoms. The highest BCUT2D eigenvalue weighted by atomic mass is 16.3. The molecule has 1 aromatic rings. The van der Waals surface area contributed by atoms with Gasteiger partial charge >= 0.3 is 0 Å². The van der Waals surface area contributed by atoms with E-state index in [1.165, 1.54) is 0 Å². The van der Waals surface area contributed by atoms with Crippen molar-refractivity contribution < 1.29 is 5.11 Å². The molecule has 5 nitrogen and oxygen atoms in total. The Kier molecular flexibility index (Phi) is 5.85. The maximum Gasteiger partial charge on any atom is 0.293 e. The monoisotopic (exact) mass is 253 g/mol. The number of anilines is 1. The molecule has 5 heteroatoms. The van der Waals surface area contributed by atoms with Gasteiger partial charge in [-0.25, -0.2) is 4.98 Å². The lowest BCUT2D eigenvalue weighted by atomic mass is 10.2. The van der Waals surface area contributed by atoms with Gasteiger partial charge in [0.1, 0.15) is 0 Å². The van der Waals surface area contributed by atoms with E-state index in [0.717, 1.165) is 0 Å². The van der Waals surface area contributed by atoms with Gasteiger partial charge in [0.25, 0.3) is 5.56 Å². The van der Waals surface area contributed by atoms with E-state index in [4.69, 9.17) is 5.11 Å². The van der Waals surface area contributed by atoms with E-state index < -0.39 is 0 Å². The number of aromatic nitrogens is 2. The van der Waals surface area contributed by atoms with Crippen LogP contribution in [0.5, 0.6) is 0 Å². The van der Waals surface area contributed by atoms with Crippen molar-refractivity contribution >= 4 is 5.82 Å². The maximum atomic E-state index is 12.3. The Morgan fingerprint density at radius 2 is 2.22 bits per heavy atom. The number of hydrogen-bond acceptors (Lipinski definition) is 4. The summed E-state index contributed by atoms with van der Waals surface area (Å²) in [6.45, 7) is 8.34. The van der Waals surface area contributed by atoms with Crippen LogP contribution in [0.15, 0.2) is 17.2 Å². The Morgan fingerprint density at radius 1 is 1.50 bits per heavy atom. The van der Waals surface area contributed by atoms with Crippen molar-refractivity contribution in [1.82, 2.24) is 9.55 Å². The van der Waals surface area contributed by atoms with E-state index >= 15 is 0 Å². The highest BCUT2D eigenvalue weighted by Gasteiger charge is 2.12. The fourth-order valence-corrected chi connectivity index (χ4v) is 1.87. The van der Waals surface area contributed by atoms with Crippen LogP contribution in [0.1, 0.15) is 27.2 Å². The molecule has 0 radical (unpaired) electrons. The summed E-state index contributed by atoms with van der Waals surface area (Å²) in [7, 11) is 0. The minimum atomic E-state index is -0.0500. The number of nitrogens with zero attached hydrogens (tertiary/aromatic N) is 3. The smallest absolute Gasteiger partial charge is 0.293 e. The van der Waals surface area contributed by atoms with Crippen LogP contribution < -0.4 is 10.5 Å². The summed E-state index contributed by atoms with van der Waals surface area (Å²) in [5, 5.41) is 8.87. The Labute approximate surface area is 108 Å². The van der Waals surface area contributed by atoms with Crippen molar-refractivity contribution in [3.63, 3.8) is 0 Å². The van der Waals surface area contributed by atoms with Crippen LogP contribution in [-0.4, -0.2) is 34.4 Å². The number of hydrogen-bond donors (Lipinski definition) is 1. The summed E-state index contributed by atoms with van der Waals surface area (Å²) in [5.41, 5.74) is -0.0500. The molecule has 102 valence electrons. The van der Waals surface area contributed by atoms with Gasteiger partial charge in [0.05, 0.1) is 0 Å². The van der Waals surface area contributed by atoms with E-state index in [0.29, 0.717) is 37.8 Å². The van der Waals surface area contributed by atoms with Crippen LogP contribution in [-0.2, 0) is 6.54 Å². The molecular weight excluding hydrogens is 230 g/mol. The highest BCUT2D eigenvalue weighted by molar-refractivity contribution is 5.35. The molecule has 0 atom stereocenters. The summed E-state index contributed by atoms with van der Waals surface area (Å²) in [5.74, 6) is 0.902. The molecule has 0 unspecified atom stereocenters. The van der Waals surface area contributed by atoms with Gasteiger partial charge in [-0.2, -0.15) is 0 Å². The molecule has 1 aromatic heterocycles. The fraction of sp³-hybridized carbons (Fsp3) is 0.692. The van der Waals surface area contributed by atoms with E-state index in [1.807, 2.05) is 11.8 Å². The SMILES string of the molecule is CCN(CCCO)c1nccn(CC(C)C)c1=O. The topological polar surface area (TPSA) is 58.4 Å². The van der Waals surface area contributed by atoms with Gasteiger partial charge < -0.3 is 14.6 Å². The second-order valence-corrected chi connectivity index (χ2v) is 4.76. The quantitative estimate of drug-likeness (QED) is 0.791. The highest BCUT2D eigenvalue weighted by Crippen LogP contribution is 2.05. The van der Waals surface area contributed by atoms with Gasteiger partial charge in [-0.05, 0) is 19.3 Å². The van der Waals surface area contributed by atoms with Crippen LogP contribution in [0.25, 0.3) is 0 Å². The largest absolute Gasteiger partial charge is 0.396 e. The van der Waals surface area contributed by atoms with Crippen molar-refractivity contribution in [2.75, 3.05) is 24.6 Å². The Bertz CT molecular complexity index is 415. The van der Waals surface area contributed by atoms with Crippen LogP contribution in [0.2, 0.25) is 0 Å². The summed E-state index contributed by atoms with van der Waals surface area (Å²) in [4.78, 5) is 18.4. The molecule has 0 spiro atoms. The molecule has 1 rings (SSSR count). The third-order valence-corrected chi connectivity index (χ3v) is 2.72. The fourth-order valence-electron chi connectivity index (χ4n) is 1.87. The zero-order valence-corrected chi connectivity index (χ0v) is 11.5. The molecular formula is C13H23N3O2. The lowest BCUT2D eigenvalue weighted by Gasteiger charge is -2.21. The number of aliphatic hydroxyl groups excluding tert-OH is 1. The first kappa shape index (κ1) is 14.7. The summed E-state index contributed by atoms with van der Waals surface area (Å²) in [6, 6.07) is 0. The summed E-state index contributed by atoms with van der Waals surface area (Å²) < 4.78 is 1.70. The van der Waals surface area contributed by atoms with Gasteiger partial charge in [0.2, 0.25) is 0 Å². The average Bonchev–Trinajstić information content (AvgIpc) is 2.33. The van der Waals surface area contributed by atoms with E-state index in [9.17, 15) is 4.79 Å². The Balaban J connectivity index is 2.97. The lowest BCUT2D eigenvalue weighted by molar-refractivity contribution is 0.289. The Hall–Kier alpha value is -1.36. The van der Waals surface area contributed by atoms with Gasteiger partial charge in [-0.15, -0.1) is 0 Å². The first-order chi connectivity index (χ1) is 8.60. The van der Waals surface area contributed by atoms with Crippen molar-refractivity contribution in [2.24, 2.45) is 5.92 Å². The first-order valence-electron chi connectivity index (χ1n) is 6.51. The van der Waals surface area contributed by atoms with Crippen LogP contribution in [0.4, 0.5) is 5.82 Å². The second-order valence-electron chi connectivity index (χ2n) is 4.76. The molecule has 0 bridgehead atoms. The summed E-state index contributed by atoms with van der Waals surface area (Å²) >= 11 is 0. The van der Waals surface area contributed by atoms with Crippen molar-refractivity contribution in [2.45, 2.75) is 33.7 Å². The molecule has 0 aliphatic heterocycles. The standard InChI is InChI=1S/C13H23N3O2/c1-4-15(7-5-9-17)12-13(18)16(8-6-14-12)10-11(2)3/h6,8,11,17H,4-5,7,9-10H2,1-3H3. The average molecular weight is 253 g/mol. The zero-order valence-electron chi connectivity index (χ0n) is 11.5. The lowest BCUT2D eigenvalue weighted by Crippen LogP contribution is -2.34. The van der Waals surface area contributed by atoms with Crippen LogP contribution in [0.3, 0.4) is 0 Å². The minimum Gasteiger partial charge on any atom is -0.396 e. The Morgan fingerprint density at radius 3 is 2.78 bits per heavy atom. The second kappa shape index (κ2) is 7.16. The molecule has 0 aliphatic rings. The molecule has 0 fully saturated rings. The van der Waals surface area contributed by atoms with Crippen molar-refractivity contribution in [1.29, 1.82) is 0 Å². The first-order valence-corrected chi connectivity index (χ1v) is 6.51. The van der Waals surface area contributed by atoms with Gasteiger partial charge in [0, 0.05) is 38.6 Å². The normalized spacial score (nSPS) is 10.9. The number of aliphatic hydroxyl groups is 1. The van der Waals surface area contributed by atoms with E-state index in [-0.39, 0.29) is 12.2 Å². The molecule has 0 aliphatic carbocycles.